The van der Waals surface area contributed by atoms with E-state index in [9.17, 15) is 4.79 Å². The summed E-state index contributed by atoms with van der Waals surface area (Å²) >= 11 is 1.72. The third-order valence-corrected chi connectivity index (χ3v) is 3.72. The van der Waals surface area contributed by atoms with Gasteiger partial charge in [0.25, 0.3) is 0 Å². The van der Waals surface area contributed by atoms with Crippen LogP contribution in [-0.4, -0.2) is 43.8 Å². The molecule has 3 rings (SSSR count). The molecule has 0 spiro atoms. The molecule has 1 saturated heterocycles. The number of benzene rings is 1. The van der Waals surface area contributed by atoms with Crippen molar-refractivity contribution in [1.29, 1.82) is 0 Å². The van der Waals surface area contributed by atoms with Crippen LogP contribution < -0.4 is 10.6 Å². The van der Waals surface area contributed by atoms with Crippen molar-refractivity contribution in [2.45, 2.75) is 6.04 Å². The Bertz CT molecular complexity index is 549. The van der Waals surface area contributed by atoms with Gasteiger partial charge in [-0.2, -0.15) is 0 Å². The van der Waals surface area contributed by atoms with E-state index in [1.165, 1.54) is 6.33 Å². The topological polar surface area (TPSA) is 84.7 Å². The van der Waals surface area contributed by atoms with Gasteiger partial charge in [0, 0.05) is 17.3 Å². The van der Waals surface area contributed by atoms with E-state index in [-0.39, 0.29) is 11.9 Å². The van der Waals surface area contributed by atoms with Gasteiger partial charge in [0.1, 0.15) is 6.33 Å². The van der Waals surface area contributed by atoms with E-state index in [0.29, 0.717) is 0 Å². The summed E-state index contributed by atoms with van der Waals surface area (Å²) in [5, 5.41) is 17.0. The molecule has 1 unspecified atom stereocenters. The maximum absolute atomic E-state index is 11.9. The minimum Gasteiger partial charge on any atom is -0.325 e. The summed E-state index contributed by atoms with van der Waals surface area (Å²) in [5.74, 6) is 1.64. The minimum absolute atomic E-state index is 0.000160. The van der Waals surface area contributed by atoms with Gasteiger partial charge in [-0.1, -0.05) is 0 Å². The molecule has 7 nitrogen and oxygen atoms in total. The predicted molar refractivity (Wildman–Crippen MR) is 72.0 cm³/mol. The third-order valence-electron chi connectivity index (χ3n) is 2.78. The highest BCUT2D eigenvalue weighted by Crippen LogP contribution is 2.14. The van der Waals surface area contributed by atoms with Crippen molar-refractivity contribution in [3.63, 3.8) is 0 Å². The number of carbonyl (C=O) groups excluding carboxylic acids is 1. The SMILES string of the molecule is O=C(Nc1ccc(-n2cnnn2)cc1)C1CSCN1. The Morgan fingerprint density at radius 1 is 1.42 bits per heavy atom. The molecule has 1 aromatic heterocycles. The molecule has 2 N–H and O–H groups in total. The zero-order valence-electron chi connectivity index (χ0n) is 9.98. The summed E-state index contributed by atoms with van der Waals surface area (Å²) in [6, 6.07) is 7.25. The van der Waals surface area contributed by atoms with Crippen LogP contribution in [-0.2, 0) is 4.79 Å². The molecule has 0 saturated carbocycles. The molecule has 1 aliphatic heterocycles. The second-order valence-corrected chi connectivity index (χ2v) is 5.09. The van der Waals surface area contributed by atoms with Crippen molar-refractivity contribution in [2.24, 2.45) is 0 Å². The van der Waals surface area contributed by atoms with Crippen molar-refractivity contribution < 1.29 is 4.79 Å². The zero-order chi connectivity index (χ0) is 13.1. The Hall–Kier alpha value is -1.93. The number of nitrogens with zero attached hydrogens (tertiary/aromatic N) is 4. The molecular formula is C11H12N6OS. The quantitative estimate of drug-likeness (QED) is 0.836. The van der Waals surface area contributed by atoms with Crippen molar-refractivity contribution >= 4 is 23.4 Å². The highest BCUT2D eigenvalue weighted by Gasteiger charge is 2.22. The van der Waals surface area contributed by atoms with Crippen LogP contribution in [0.5, 0.6) is 0 Å². The highest BCUT2D eigenvalue weighted by atomic mass is 32.2. The van der Waals surface area contributed by atoms with Gasteiger partial charge in [-0.25, -0.2) is 4.68 Å². The second-order valence-electron chi connectivity index (χ2n) is 4.06. The smallest absolute Gasteiger partial charge is 0.242 e. The average Bonchev–Trinajstić information content (AvgIpc) is 3.13. The average molecular weight is 276 g/mol. The highest BCUT2D eigenvalue weighted by molar-refractivity contribution is 7.99. The van der Waals surface area contributed by atoms with Gasteiger partial charge >= 0.3 is 0 Å². The van der Waals surface area contributed by atoms with Crippen LogP contribution in [0.15, 0.2) is 30.6 Å². The number of aromatic nitrogens is 4. The molecule has 8 heteroatoms. The Kier molecular flexibility index (Phi) is 3.43. The number of hydrogen-bond donors (Lipinski definition) is 2. The Morgan fingerprint density at radius 2 is 2.26 bits per heavy atom. The van der Waals surface area contributed by atoms with Gasteiger partial charge in [0.2, 0.25) is 5.91 Å². The lowest BCUT2D eigenvalue weighted by molar-refractivity contribution is -0.117. The Morgan fingerprint density at radius 3 is 2.89 bits per heavy atom. The summed E-state index contributed by atoms with van der Waals surface area (Å²) in [7, 11) is 0. The van der Waals surface area contributed by atoms with E-state index in [1.54, 1.807) is 16.4 Å². The second kappa shape index (κ2) is 5.37. The molecule has 1 aliphatic rings. The number of amides is 1. The lowest BCUT2D eigenvalue weighted by Gasteiger charge is -2.10. The predicted octanol–water partition coefficient (Wildman–Crippen LogP) is 0.263. The molecule has 19 heavy (non-hydrogen) atoms. The van der Waals surface area contributed by atoms with Gasteiger partial charge in [-0.05, 0) is 34.7 Å². The number of carbonyl (C=O) groups is 1. The lowest BCUT2D eigenvalue weighted by Crippen LogP contribution is -2.37. The van der Waals surface area contributed by atoms with E-state index < -0.39 is 0 Å². The third kappa shape index (κ3) is 2.74. The van der Waals surface area contributed by atoms with Crippen molar-refractivity contribution in [3.8, 4) is 5.69 Å². The molecule has 0 aliphatic carbocycles. The first-order valence-electron chi connectivity index (χ1n) is 5.78. The van der Waals surface area contributed by atoms with E-state index in [4.69, 9.17) is 0 Å². The van der Waals surface area contributed by atoms with Crippen LogP contribution >= 0.6 is 11.8 Å². The van der Waals surface area contributed by atoms with Crippen molar-refractivity contribution in [3.05, 3.63) is 30.6 Å². The summed E-state index contributed by atoms with van der Waals surface area (Å²) in [6.07, 6.45) is 1.52. The standard InChI is InChI=1S/C11H12N6OS/c18-11(10-5-19-7-12-10)14-8-1-3-9(4-2-8)17-6-13-15-16-17/h1-4,6,10,12H,5,7H2,(H,14,18). The van der Waals surface area contributed by atoms with Gasteiger partial charge < -0.3 is 5.32 Å². The van der Waals surface area contributed by atoms with Crippen LogP contribution in [0.4, 0.5) is 5.69 Å². The molecule has 1 amide bonds. The van der Waals surface area contributed by atoms with E-state index in [1.807, 2.05) is 24.3 Å². The van der Waals surface area contributed by atoms with E-state index >= 15 is 0 Å². The first-order valence-corrected chi connectivity index (χ1v) is 6.94. The molecule has 98 valence electrons. The van der Waals surface area contributed by atoms with Crippen LogP contribution in [0, 0.1) is 0 Å². The van der Waals surface area contributed by atoms with Crippen LogP contribution in [0.25, 0.3) is 5.69 Å². The maximum Gasteiger partial charge on any atom is 0.242 e. The molecule has 0 bridgehead atoms. The molecule has 1 fully saturated rings. The molecule has 1 atom stereocenters. The maximum atomic E-state index is 11.9. The first-order chi connectivity index (χ1) is 9.33. The monoisotopic (exact) mass is 276 g/mol. The van der Waals surface area contributed by atoms with Gasteiger partial charge in [-0.3, -0.25) is 10.1 Å². The first kappa shape index (κ1) is 12.1. The number of nitrogens with one attached hydrogen (secondary N) is 2. The van der Waals surface area contributed by atoms with Crippen molar-refractivity contribution in [2.75, 3.05) is 16.9 Å². The Balaban J connectivity index is 1.67. The number of thioether (sulfide) groups is 1. The van der Waals surface area contributed by atoms with Gasteiger partial charge in [0.15, 0.2) is 0 Å². The number of hydrogen-bond acceptors (Lipinski definition) is 6. The summed E-state index contributed by atoms with van der Waals surface area (Å²) < 4.78 is 1.56. The van der Waals surface area contributed by atoms with Gasteiger partial charge in [0.05, 0.1) is 11.7 Å². The van der Waals surface area contributed by atoms with Crippen LogP contribution in [0.1, 0.15) is 0 Å². The zero-order valence-corrected chi connectivity index (χ0v) is 10.8. The minimum atomic E-state index is -0.107. The fourth-order valence-corrected chi connectivity index (χ4v) is 2.71. The largest absolute Gasteiger partial charge is 0.325 e. The fourth-order valence-electron chi connectivity index (χ4n) is 1.77. The van der Waals surface area contributed by atoms with Crippen molar-refractivity contribution in [1.82, 2.24) is 25.5 Å². The summed E-state index contributed by atoms with van der Waals surface area (Å²) in [6.45, 7) is 0. The van der Waals surface area contributed by atoms with E-state index in [2.05, 4.69) is 26.2 Å². The lowest BCUT2D eigenvalue weighted by atomic mass is 10.2. The normalized spacial score (nSPS) is 18.4. The Labute approximate surface area is 113 Å². The molecule has 2 aromatic rings. The molecule has 1 aromatic carbocycles. The number of anilines is 1. The summed E-state index contributed by atoms with van der Waals surface area (Å²) in [4.78, 5) is 11.9. The number of tetrazole rings is 1. The van der Waals surface area contributed by atoms with Gasteiger partial charge in [-0.15, -0.1) is 16.9 Å². The fraction of sp³-hybridized carbons (Fsp3) is 0.273. The molecular weight excluding hydrogens is 264 g/mol. The van der Waals surface area contributed by atoms with Crippen LogP contribution in [0.3, 0.4) is 0 Å². The molecule has 2 heterocycles. The number of rotatable bonds is 3. The van der Waals surface area contributed by atoms with E-state index in [0.717, 1.165) is 23.0 Å². The van der Waals surface area contributed by atoms with Crippen LogP contribution in [0.2, 0.25) is 0 Å². The summed E-state index contributed by atoms with van der Waals surface area (Å²) in [5.41, 5.74) is 1.61. The molecule has 0 radical (unpaired) electrons.